The Hall–Kier alpha value is -0.430. The molecule has 1 aromatic rings. The Balaban J connectivity index is 2.03. The molecule has 1 fully saturated rings. The molecule has 1 atom stereocenters. The van der Waals surface area contributed by atoms with Crippen molar-refractivity contribution in [3.8, 4) is 0 Å². The van der Waals surface area contributed by atoms with E-state index >= 15 is 0 Å². The molecule has 4 nitrogen and oxygen atoms in total. The third-order valence-corrected chi connectivity index (χ3v) is 5.70. The third-order valence-electron chi connectivity index (χ3n) is 3.16. The van der Waals surface area contributed by atoms with Gasteiger partial charge in [0.2, 0.25) is 10.0 Å². The summed E-state index contributed by atoms with van der Waals surface area (Å²) < 4.78 is 26.6. The summed E-state index contributed by atoms with van der Waals surface area (Å²) in [5.41, 5.74) is 0. The van der Waals surface area contributed by atoms with Gasteiger partial charge in [0.25, 0.3) is 0 Å². The summed E-state index contributed by atoms with van der Waals surface area (Å²) in [4.78, 5) is 0.713. The lowest BCUT2D eigenvalue weighted by Gasteiger charge is -2.11. The number of aliphatic hydroxyl groups is 1. The second kappa shape index (κ2) is 5.06. The second-order valence-corrected chi connectivity index (χ2v) is 7.27. The summed E-state index contributed by atoms with van der Waals surface area (Å²) in [5.74, 6) is 1.07. The molecular weight excluding hydrogens is 258 g/mol. The van der Waals surface area contributed by atoms with E-state index in [1.54, 1.807) is 11.4 Å². The first-order valence-corrected chi connectivity index (χ1v) is 8.07. The molecule has 1 saturated carbocycles. The summed E-state index contributed by atoms with van der Waals surface area (Å²) in [6, 6.07) is 1.54. The lowest BCUT2D eigenvalue weighted by molar-refractivity contribution is 0.282. The zero-order valence-electron chi connectivity index (χ0n) is 9.72. The predicted molar refractivity (Wildman–Crippen MR) is 67.3 cm³/mol. The summed E-state index contributed by atoms with van der Waals surface area (Å²) in [6.45, 7) is 2.32. The maximum absolute atomic E-state index is 12.0. The van der Waals surface area contributed by atoms with Crippen LogP contribution in [0.15, 0.2) is 16.3 Å². The molecule has 1 unspecified atom stereocenters. The van der Waals surface area contributed by atoms with Gasteiger partial charge in [-0.3, -0.25) is 0 Å². The summed E-state index contributed by atoms with van der Waals surface area (Å²) >= 11 is 1.26. The summed E-state index contributed by atoms with van der Waals surface area (Å²) in [5, 5.41) is 10.7. The molecule has 96 valence electrons. The lowest BCUT2D eigenvalue weighted by Crippen LogP contribution is -2.29. The van der Waals surface area contributed by atoms with E-state index in [9.17, 15) is 8.42 Å². The molecule has 1 aliphatic carbocycles. The number of rotatable bonds is 6. The van der Waals surface area contributed by atoms with Gasteiger partial charge in [-0.15, -0.1) is 11.3 Å². The summed E-state index contributed by atoms with van der Waals surface area (Å²) in [6.07, 6.45) is 2.42. The average molecular weight is 275 g/mol. The van der Waals surface area contributed by atoms with Crippen LogP contribution < -0.4 is 4.72 Å². The number of thiophene rings is 1. The highest BCUT2D eigenvalue weighted by atomic mass is 32.2. The van der Waals surface area contributed by atoms with Crippen LogP contribution in [-0.2, 0) is 16.6 Å². The van der Waals surface area contributed by atoms with Crippen molar-refractivity contribution in [1.29, 1.82) is 0 Å². The van der Waals surface area contributed by atoms with E-state index in [4.69, 9.17) is 5.11 Å². The molecule has 0 saturated heterocycles. The molecular formula is C11H17NO3S2. The van der Waals surface area contributed by atoms with E-state index < -0.39 is 10.0 Å². The molecule has 1 aromatic heterocycles. The molecule has 2 rings (SSSR count). The molecule has 17 heavy (non-hydrogen) atoms. The van der Waals surface area contributed by atoms with Crippen molar-refractivity contribution in [2.75, 3.05) is 6.54 Å². The van der Waals surface area contributed by atoms with Crippen molar-refractivity contribution in [2.45, 2.75) is 31.3 Å². The van der Waals surface area contributed by atoms with Crippen LogP contribution in [0.3, 0.4) is 0 Å². The van der Waals surface area contributed by atoms with Crippen LogP contribution in [0.5, 0.6) is 0 Å². The Morgan fingerprint density at radius 2 is 2.29 bits per heavy atom. The van der Waals surface area contributed by atoms with Gasteiger partial charge in [0, 0.05) is 11.4 Å². The molecule has 6 heteroatoms. The maximum Gasteiger partial charge on any atom is 0.241 e. The highest BCUT2D eigenvalue weighted by molar-refractivity contribution is 7.89. The van der Waals surface area contributed by atoms with Crippen molar-refractivity contribution in [3.05, 3.63) is 16.3 Å². The highest BCUT2D eigenvalue weighted by Gasteiger charge is 2.29. The van der Waals surface area contributed by atoms with Gasteiger partial charge in [-0.05, 0) is 36.1 Å². The minimum absolute atomic E-state index is 0.216. The standard InChI is InChI=1S/C11H17NO3S2/c1-8(9-2-3-9)6-12-17(14,15)11-4-5-16-10(11)7-13/h4-5,8-9,12-13H,2-3,6-7H2,1H3. The van der Waals surface area contributed by atoms with E-state index in [0.717, 1.165) is 0 Å². The Labute approximate surface area is 106 Å². The minimum Gasteiger partial charge on any atom is -0.391 e. The second-order valence-electron chi connectivity index (χ2n) is 4.53. The quantitative estimate of drug-likeness (QED) is 0.828. The average Bonchev–Trinajstić information content (AvgIpc) is 3.03. The Morgan fingerprint density at radius 3 is 2.88 bits per heavy atom. The lowest BCUT2D eigenvalue weighted by atomic mass is 10.1. The number of sulfonamides is 1. The van der Waals surface area contributed by atoms with Gasteiger partial charge in [-0.1, -0.05) is 6.92 Å². The van der Waals surface area contributed by atoms with Crippen LogP contribution in [0.4, 0.5) is 0 Å². The van der Waals surface area contributed by atoms with Crippen LogP contribution >= 0.6 is 11.3 Å². The maximum atomic E-state index is 12.0. The van der Waals surface area contributed by atoms with Crippen molar-refractivity contribution in [3.63, 3.8) is 0 Å². The zero-order chi connectivity index (χ0) is 12.5. The first-order chi connectivity index (χ1) is 8.04. The van der Waals surface area contributed by atoms with E-state index in [2.05, 4.69) is 11.6 Å². The molecule has 0 amide bonds. The molecule has 1 aliphatic rings. The van der Waals surface area contributed by atoms with E-state index in [-0.39, 0.29) is 11.5 Å². The fourth-order valence-electron chi connectivity index (χ4n) is 1.83. The van der Waals surface area contributed by atoms with Gasteiger partial charge in [0.1, 0.15) is 0 Å². The monoisotopic (exact) mass is 275 g/mol. The van der Waals surface area contributed by atoms with Gasteiger partial charge in [0.15, 0.2) is 0 Å². The topological polar surface area (TPSA) is 66.4 Å². The molecule has 0 aliphatic heterocycles. The SMILES string of the molecule is CC(CNS(=O)(=O)c1ccsc1CO)C1CC1. The first-order valence-electron chi connectivity index (χ1n) is 5.71. The fourth-order valence-corrected chi connectivity index (χ4v) is 4.27. The third kappa shape index (κ3) is 3.07. The number of hydrogen-bond acceptors (Lipinski definition) is 4. The number of nitrogens with one attached hydrogen (secondary N) is 1. The Kier molecular flexibility index (Phi) is 3.87. The van der Waals surface area contributed by atoms with Gasteiger partial charge in [-0.25, -0.2) is 13.1 Å². The number of aliphatic hydroxyl groups excluding tert-OH is 1. The van der Waals surface area contributed by atoms with Gasteiger partial charge in [-0.2, -0.15) is 0 Å². The van der Waals surface area contributed by atoms with Gasteiger partial charge >= 0.3 is 0 Å². The van der Waals surface area contributed by atoms with Crippen LogP contribution in [0.1, 0.15) is 24.6 Å². The van der Waals surface area contributed by atoms with E-state index in [0.29, 0.717) is 23.3 Å². The normalized spacial score (nSPS) is 18.2. The van der Waals surface area contributed by atoms with Crippen molar-refractivity contribution < 1.29 is 13.5 Å². The van der Waals surface area contributed by atoms with Crippen LogP contribution in [0, 0.1) is 11.8 Å². The first kappa shape index (κ1) is 13.0. The molecule has 2 N–H and O–H groups in total. The van der Waals surface area contributed by atoms with Crippen LogP contribution in [-0.4, -0.2) is 20.1 Å². The minimum atomic E-state index is -3.46. The Bertz CT molecular complexity index is 477. The zero-order valence-corrected chi connectivity index (χ0v) is 11.4. The highest BCUT2D eigenvalue weighted by Crippen LogP contribution is 2.36. The Morgan fingerprint density at radius 1 is 1.59 bits per heavy atom. The smallest absolute Gasteiger partial charge is 0.241 e. The van der Waals surface area contributed by atoms with Crippen molar-refractivity contribution in [1.82, 2.24) is 4.72 Å². The summed E-state index contributed by atoms with van der Waals surface area (Å²) in [7, 11) is -3.46. The van der Waals surface area contributed by atoms with Gasteiger partial charge < -0.3 is 5.11 Å². The van der Waals surface area contributed by atoms with Crippen LogP contribution in [0.2, 0.25) is 0 Å². The number of hydrogen-bond donors (Lipinski definition) is 2. The molecule has 0 aromatic carbocycles. The predicted octanol–water partition coefficient (Wildman–Crippen LogP) is 1.56. The van der Waals surface area contributed by atoms with E-state index in [1.165, 1.54) is 24.2 Å². The fraction of sp³-hybridized carbons (Fsp3) is 0.636. The molecule has 0 bridgehead atoms. The molecule has 1 heterocycles. The molecule has 0 radical (unpaired) electrons. The van der Waals surface area contributed by atoms with Crippen molar-refractivity contribution in [2.24, 2.45) is 11.8 Å². The van der Waals surface area contributed by atoms with Crippen molar-refractivity contribution >= 4 is 21.4 Å². The van der Waals surface area contributed by atoms with Gasteiger partial charge in [0.05, 0.1) is 11.5 Å². The van der Waals surface area contributed by atoms with E-state index in [1.807, 2.05) is 0 Å². The molecule has 0 spiro atoms. The van der Waals surface area contributed by atoms with Crippen LogP contribution in [0.25, 0.3) is 0 Å². The largest absolute Gasteiger partial charge is 0.391 e.